The third-order valence-corrected chi connectivity index (χ3v) is 6.50. The molecule has 3 aromatic carbocycles. The van der Waals surface area contributed by atoms with Crippen LogP contribution in [-0.2, 0) is 11.4 Å². The third kappa shape index (κ3) is 4.72. The molecule has 4 nitrogen and oxygen atoms in total. The number of thiocarbonyl (C=S) groups is 1. The monoisotopic (exact) mass is 506 g/mol. The summed E-state index contributed by atoms with van der Waals surface area (Å²) >= 11 is 10.2. The van der Waals surface area contributed by atoms with E-state index in [2.05, 4.69) is 22.0 Å². The molecule has 0 unspecified atom stereocenters. The van der Waals surface area contributed by atoms with Gasteiger partial charge in [0.15, 0.2) is 4.32 Å². The van der Waals surface area contributed by atoms with Gasteiger partial charge in [-0.05, 0) is 57.9 Å². The Hall–Kier alpha value is -2.92. The van der Waals surface area contributed by atoms with E-state index in [0.717, 1.165) is 21.3 Å². The van der Waals surface area contributed by atoms with Gasteiger partial charge in [-0.2, -0.15) is 5.26 Å². The smallest absolute Gasteiger partial charge is 0.270 e. The number of nitriles is 1. The van der Waals surface area contributed by atoms with Gasteiger partial charge in [0, 0.05) is 5.56 Å². The summed E-state index contributed by atoms with van der Waals surface area (Å²) in [6, 6.07) is 24.5. The minimum atomic E-state index is -0.134. The van der Waals surface area contributed by atoms with Crippen LogP contribution < -0.4 is 9.64 Å². The predicted octanol–water partition coefficient (Wildman–Crippen LogP) is 6.31. The number of anilines is 1. The number of carbonyl (C=O) groups excluding carboxylic acids is 1. The Labute approximate surface area is 198 Å². The fourth-order valence-corrected chi connectivity index (χ4v) is 4.86. The number of rotatable bonds is 5. The van der Waals surface area contributed by atoms with E-state index < -0.39 is 0 Å². The van der Waals surface area contributed by atoms with Crippen molar-refractivity contribution in [3.05, 3.63) is 98.9 Å². The normalized spacial score (nSPS) is 14.7. The summed E-state index contributed by atoms with van der Waals surface area (Å²) in [5.41, 5.74) is 3.03. The van der Waals surface area contributed by atoms with Crippen molar-refractivity contribution in [2.75, 3.05) is 4.90 Å². The highest BCUT2D eigenvalue weighted by Gasteiger charge is 2.33. The molecule has 1 amide bonds. The third-order valence-electron chi connectivity index (χ3n) is 4.58. The summed E-state index contributed by atoms with van der Waals surface area (Å²) in [5, 5.41) is 9.21. The molecule has 1 saturated heterocycles. The van der Waals surface area contributed by atoms with Gasteiger partial charge in [0.05, 0.1) is 26.7 Å². The van der Waals surface area contributed by atoms with Gasteiger partial charge in [-0.3, -0.25) is 9.69 Å². The van der Waals surface area contributed by atoms with Crippen molar-refractivity contribution in [1.29, 1.82) is 5.26 Å². The van der Waals surface area contributed by atoms with Crippen LogP contribution in [-0.4, -0.2) is 10.2 Å². The van der Waals surface area contributed by atoms with E-state index in [1.807, 2.05) is 72.8 Å². The van der Waals surface area contributed by atoms with Crippen molar-refractivity contribution < 1.29 is 9.53 Å². The lowest BCUT2D eigenvalue weighted by Crippen LogP contribution is -2.27. The Balaban J connectivity index is 1.51. The first-order chi connectivity index (χ1) is 15.1. The van der Waals surface area contributed by atoms with Gasteiger partial charge in [-0.1, -0.05) is 66.4 Å². The Morgan fingerprint density at radius 3 is 2.58 bits per heavy atom. The summed E-state index contributed by atoms with van der Waals surface area (Å²) in [4.78, 5) is 15.0. The van der Waals surface area contributed by atoms with Crippen molar-refractivity contribution in [3.63, 3.8) is 0 Å². The molecule has 1 heterocycles. The number of thioether (sulfide) groups is 1. The van der Waals surface area contributed by atoms with E-state index in [9.17, 15) is 10.1 Å². The first-order valence-electron chi connectivity index (χ1n) is 9.30. The summed E-state index contributed by atoms with van der Waals surface area (Å²) in [7, 11) is 0. The summed E-state index contributed by atoms with van der Waals surface area (Å²) in [6.45, 7) is 0.289. The lowest BCUT2D eigenvalue weighted by Gasteiger charge is -2.13. The summed E-state index contributed by atoms with van der Waals surface area (Å²) in [5.74, 6) is 0.521. The summed E-state index contributed by atoms with van der Waals surface area (Å²) < 4.78 is 7.15. The maximum absolute atomic E-state index is 12.9. The molecular formula is C24H15BrN2O2S2. The molecular weight excluding hydrogens is 492 g/mol. The second-order valence-corrected chi connectivity index (χ2v) is 9.13. The molecule has 0 spiro atoms. The van der Waals surface area contributed by atoms with Gasteiger partial charge in [0.25, 0.3) is 5.91 Å². The van der Waals surface area contributed by atoms with Crippen molar-refractivity contribution in [1.82, 2.24) is 0 Å². The van der Waals surface area contributed by atoms with Crippen LogP contribution in [0.2, 0.25) is 0 Å². The average Bonchev–Trinajstić information content (AvgIpc) is 3.06. The second kappa shape index (κ2) is 9.48. The first kappa shape index (κ1) is 21.3. The molecule has 0 bridgehead atoms. The average molecular weight is 507 g/mol. The molecule has 3 aromatic rings. The number of halogens is 1. The molecule has 0 N–H and O–H groups in total. The largest absolute Gasteiger partial charge is 0.488 e. The van der Waals surface area contributed by atoms with Gasteiger partial charge >= 0.3 is 0 Å². The maximum Gasteiger partial charge on any atom is 0.270 e. The molecule has 152 valence electrons. The highest BCUT2D eigenvalue weighted by atomic mass is 79.9. The Morgan fingerprint density at radius 1 is 1.10 bits per heavy atom. The number of nitrogens with zero attached hydrogens (tertiary/aromatic N) is 2. The van der Waals surface area contributed by atoms with E-state index in [1.54, 1.807) is 11.0 Å². The van der Waals surface area contributed by atoms with Crippen LogP contribution in [0.5, 0.6) is 5.75 Å². The van der Waals surface area contributed by atoms with Crippen LogP contribution in [0.25, 0.3) is 6.08 Å². The molecule has 1 fully saturated rings. The van der Waals surface area contributed by atoms with E-state index in [1.165, 1.54) is 11.8 Å². The molecule has 31 heavy (non-hydrogen) atoms. The molecule has 1 aliphatic rings. The Kier molecular flexibility index (Phi) is 6.52. The zero-order valence-electron chi connectivity index (χ0n) is 16.1. The van der Waals surface area contributed by atoms with Gasteiger partial charge in [-0.25, -0.2) is 0 Å². The molecule has 0 aromatic heterocycles. The van der Waals surface area contributed by atoms with Gasteiger partial charge in [-0.15, -0.1) is 0 Å². The SMILES string of the molecule is N#Cc1ccccc1COc1ccc(/C=C2/SC(=S)N(c3ccccc3)C2=O)cc1Br. The zero-order chi connectivity index (χ0) is 21.8. The van der Waals surface area contributed by atoms with Crippen LogP contribution in [0, 0.1) is 11.3 Å². The fourth-order valence-electron chi connectivity index (χ4n) is 3.05. The van der Waals surface area contributed by atoms with E-state index >= 15 is 0 Å². The highest BCUT2D eigenvalue weighted by molar-refractivity contribution is 9.10. The second-order valence-electron chi connectivity index (χ2n) is 6.60. The van der Waals surface area contributed by atoms with E-state index in [-0.39, 0.29) is 12.5 Å². The number of amides is 1. The van der Waals surface area contributed by atoms with Gasteiger partial charge in [0.1, 0.15) is 12.4 Å². The molecule has 0 radical (unpaired) electrons. The number of benzene rings is 3. The van der Waals surface area contributed by atoms with Crippen LogP contribution in [0.15, 0.2) is 82.2 Å². The van der Waals surface area contributed by atoms with Crippen molar-refractivity contribution >= 4 is 61.9 Å². The Bertz CT molecular complexity index is 1240. The summed E-state index contributed by atoms with van der Waals surface area (Å²) in [6.07, 6.45) is 1.82. The molecule has 0 aliphatic carbocycles. The van der Waals surface area contributed by atoms with Crippen LogP contribution >= 0.6 is 39.9 Å². The highest BCUT2D eigenvalue weighted by Crippen LogP contribution is 2.36. The molecule has 1 aliphatic heterocycles. The Morgan fingerprint density at radius 2 is 1.84 bits per heavy atom. The van der Waals surface area contributed by atoms with Gasteiger partial charge in [0.2, 0.25) is 0 Å². The topological polar surface area (TPSA) is 53.3 Å². The number of hydrogen-bond acceptors (Lipinski definition) is 5. The standard InChI is InChI=1S/C24H15BrN2O2S2/c25-20-12-16(10-11-21(20)29-15-18-7-5-4-6-17(18)14-26)13-22-23(28)27(24(30)31-22)19-8-2-1-3-9-19/h1-13H,15H2/b22-13+. The van der Waals surface area contributed by atoms with Crippen LogP contribution in [0.1, 0.15) is 16.7 Å². The van der Waals surface area contributed by atoms with Crippen LogP contribution in [0.4, 0.5) is 5.69 Å². The minimum absolute atomic E-state index is 0.134. The lowest BCUT2D eigenvalue weighted by atomic mass is 10.1. The number of para-hydroxylation sites is 1. The number of carbonyl (C=O) groups is 1. The van der Waals surface area contributed by atoms with Crippen molar-refractivity contribution in [2.45, 2.75) is 6.61 Å². The number of hydrogen-bond donors (Lipinski definition) is 0. The molecule has 7 heteroatoms. The van der Waals surface area contributed by atoms with Crippen LogP contribution in [0.3, 0.4) is 0 Å². The first-order valence-corrected chi connectivity index (χ1v) is 11.3. The quantitative estimate of drug-likeness (QED) is 0.300. The van der Waals surface area contributed by atoms with E-state index in [0.29, 0.717) is 20.5 Å². The zero-order valence-corrected chi connectivity index (χ0v) is 19.3. The number of ether oxygens (including phenoxy) is 1. The molecule has 0 saturated carbocycles. The molecule has 0 atom stereocenters. The molecule has 4 rings (SSSR count). The fraction of sp³-hybridized carbons (Fsp3) is 0.0417. The van der Waals surface area contributed by atoms with Gasteiger partial charge < -0.3 is 4.74 Å². The predicted molar refractivity (Wildman–Crippen MR) is 132 cm³/mol. The lowest BCUT2D eigenvalue weighted by molar-refractivity contribution is -0.113. The maximum atomic E-state index is 12.9. The van der Waals surface area contributed by atoms with Crippen molar-refractivity contribution in [2.24, 2.45) is 0 Å². The minimum Gasteiger partial charge on any atom is -0.488 e. The van der Waals surface area contributed by atoms with E-state index in [4.69, 9.17) is 17.0 Å². The van der Waals surface area contributed by atoms with Crippen molar-refractivity contribution in [3.8, 4) is 11.8 Å².